The first kappa shape index (κ1) is 21.8. The molecular formula is C24H28O6. The van der Waals surface area contributed by atoms with Crippen molar-refractivity contribution in [1.82, 2.24) is 0 Å². The van der Waals surface area contributed by atoms with E-state index in [-0.39, 0.29) is 18.5 Å². The summed E-state index contributed by atoms with van der Waals surface area (Å²) >= 11 is 0. The Balaban J connectivity index is 1.53. The Kier molecular flexibility index (Phi) is 7.85. The maximum Gasteiger partial charge on any atom is 0.343 e. The van der Waals surface area contributed by atoms with E-state index in [0.717, 1.165) is 19.3 Å². The van der Waals surface area contributed by atoms with Gasteiger partial charge in [-0.25, -0.2) is 9.59 Å². The van der Waals surface area contributed by atoms with E-state index >= 15 is 0 Å². The Morgan fingerprint density at radius 3 is 2.53 bits per heavy atom. The molecule has 0 spiro atoms. The summed E-state index contributed by atoms with van der Waals surface area (Å²) in [6.45, 7) is 5.85. The minimum absolute atomic E-state index is 0.0349. The number of ether oxygens (including phenoxy) is 4. The number of hydrogen-bond acceptors (Lipinski definition) is 6. The fourth-order valence-corrected chi connectivity index (χ4v) is 2.98. The van der Waals surface area contributed by atoms with Crippen molar-refractivity contribution in [3.05, 3.63) is 59.7 Å². The number of rotatable bonds is 9. The molecule has 0 amide bonds. The van der Waals surface area contributed by atoms with Gasteiger partial charge in [0.15, 0.2) is 0 Å². The molecule has 0 saturated carbocycles. The van der Waals surface area contributed by atoms with Crippen LogP contribution in [0.1, 0.15) is 53.8 Å². The van der Waals surface area contributed by atoms with Crippen LogP contribution in [0.4, 0.5) is 0 Å². The highest BCUT2D eigenvalue weighted by atomic mass is 16.6. The summed E-state index contributed by atoms with van der Waals surface area (Å²) in [6.07, 6.45) is 2.81. The number of carbonyl (C=O) groups excluding carboxylic acids is 2. The van der Waals surface area contributed by atoms with Crippen LogP contribution in [-0.2, 0) is 9.47 Å². The molecule has 6 nitrogen and oxygen atoms in total. The highest BCUT2D eigenvalue weighted by molar-refractivity contribution is 5.92. The highest BCUT2D eigenvalue weighted by Crippen LogP contribution is 2.19. The van der Waals surface area contributed by atoms with Crippen molar-refractivity contribution >= 4 is 11.9 Å². The minimum Gasteiger partial charge on any atom is -0.494 e. The number of benzene rings is 2. The Bertz CT molecular complexity index is 837. The zero-order chi connectivity index (χ0) is 21.3. The van der Waals surface area contributed by atoms with Gasteiger partial charge in [-0.2, -0.15) is 0 Å². The smallest absolute Gasteiger partial charge is 0.343 e. The van der Waals surface area contributed by atoms with Crippen molar-refractivity contribution in [1.29, 1.82) is 0 Å². The molecule has 1 unspecified atom stereocenters. The van der Waals surface area contributed by atoms with Crippen molar-refractivity contribution in [3.8, 4) is 11.5 Å². The highest BCUT2D eigenvalue weighted by Gasteiger charge is 2.18. The third-order valence-electron chi connectivity index (χ3n) is 4.76. The van der Waals surface area contributed by atoms with E-state index in [2.05, 4.69) is 13.8 Å². The lowest BCUT2D eigenvalue weighted by Crippen LogP contribution is -2.18. The lowest BCUT2D eigenvalue weighted by atomic mass is 10.1. The van der Waals surface area contributed by atoms with Crippen LogP contribution in [0.2, 0.25) is 0 Å². The maximum absolute atomic E-state index is 12.4. The average molecular weight is 412 g/mol. The van der Waals surface area contributed by atoms with Crippen molar-refractivity contribution < 1.29 is 28.5 Å². The van der Waals surface area contributed by atoms with Crippen LogP contribution in [-0.4, -0.2) is 37.9 Å². The first-order valence-electron chi connectivity index (χ1n) is 10.3. The standard InChI is InChI=1S/C24H28O6/c1-17(2)12-14-28-20-10-8-18(9-11-20)24(26)30-21-6-3-5-19(15-21)23(25)29-16-22-7-4-13-27-22/h3,5-6,8-11,15,17,22H,4,7,12-14,16H2,1-2H3. The molecule has 0 aromatic heterocycles. The van der Waals surface area contributed by atoms with Gasteiger partial charge in [0.1, 0.15) is 18.1 Å². The summed E-state index contributed by atoms with van der Waals surface area (Å²) in [5.74, 6) is 0.593. The average Bonchev–Trinajstić information content (AvgIpc) is 3.26. The molecule has 1 aliphatic heterocycles. The third-order valence-corrected chi connectivity index (χ3v) is 4.76. The second-order valence-electron chi connectivity index (χ2n) is 7.71. The van der Waals surface area contributed by atoms with Gasteiger partial charge in [-0.05, 0) is 67.6 Å². The van der Waals surface area contributed by atoms with Gasteiger partial charge < -0.3 is 18.9 Å². The molecule has 3 rings (SSSR count). The molecule has 1 atom stereocenters. The zero-order valence-corrected chi connectivity index (χ0v) is 17.5. The van der Waals surface area contributed by atoms with Gasteiger partial charge in [0, 0.05) is 6.61 Å². The zero-order valence-electron chi connectivity index (χ0n) is 17.5. The summed E-state index contributed by atoms with van der Waals surface area (Å²) in [5.41, 5.74) is 0.727. The van der Waals surface area contributed by atoms with E-state index in [4.69, 9.17) is 18.9 Å². The van der Waals surface area contributed by atoms with E-state index in [1.807, 2.05) is 0 Å². The molecule has 0 aliphatic carbocycles. The Labute approximate surface area is 177 Å². The second kappa shape index (κ2) is 10.8. The van der Waals surface area contributed by atoms with Crippen LogP contribution >= 0.6 is 0 Å². The van der Waals surface area contributed by atoms with Gasteiger partial charge in [-0.15, -0.1) is 0 Å². The predicted octanol–water partition coefficient (Wildman–Crippen LogP) is 4.67. The van der Waals surface area contributed by atoms with Gasteiger partial charge in [-0.3, -0.25) is 0 Å². The molecule has 1 saturated heterocycles. The van der Waals surface area contributed by atoms with Crippen molar-refractivity contribution in [2.24, 2.45) is 5.92 Å². The first-order valence-corrected chi connectivity index (χ1v) is 10.3. The maximum atomic E-state index is 12.4. The number of esters is 2. The van der Waals surface area contributed by atoms with Gasteiger partial charge in [0.05, 0.1) is 23.8 Å². The lowest BCUT2D eigenvalue weighted by molar-refractivity contribution is 0.0161. The van der Waals surface area contributed by atoms with Gasteiger partial charge >= 0.3 is 11.9 Å². The van der Waals surface area contributed by atoms with E-state index < -0.39 is 11.9 Å². The molecule has 1 aliphatic rings. The Morgan fingerprint density at radius 2 is 1.83 bits per heavy atom. The molecule has 30 heavy (non-hydrogen) atoms. The Hall–Kier alpha value is -2.86. The van der Waals surface area contributed by atoms with Crippen molar-refractivity contribution in [3.63, 3.8) is 0 Å². The van der Waals surface area contributed by atoms with E-state index in [1.165, 1.54) is 6.07 Å². The normalized spacial score (nSPS) is 15.8. The molecule has 0 N–H and O–H groups in total. The molecule has 2 aromatic rings. The SMILES string of the molecule is CC(C)CCOc1ccc(C(=O)Oc2cccc(C(=O)OCC3CCCO3)c2)cc1. The van der Waals surface area contributed by atoms with Crippen LogP contribution in [0.3, 0.4) is 0 Å². The molecule has 6 heteroatoms. The van der Waals surface area contributed by atoms with Crippen LogP contribution < -0.4 is 9.47 Å². The molecular weight excluding hydrogens is 384 g/mol. The van der Waals surface area contributed by atoms with Gasteiger partial charge in [0.25, 0.3) is 0 Å². The second-order valence-corrected chi connectivity index (χ2v) is 7.71. The monoisotopic (exact) mass is 412 g/mol. The largest absolute Gasteiger partial charge is 0.494 e. The fraction of sp³-hybridized carbons (Fsp3) is 0.417. The molecule has 0 radical (unpaired) electrons. The van der Waals surface area contributed by atoms with E-state index in [0.29, 0.717) is 36.0 Å². The molecule has 2 aromatic carbocycles. The third kappa shape index (κ3) is 6.59. The summed E-state index contributed by atoms with van der Waals surface area (Å²) in [7, 11) is 0. The lowest BCUT2D eigenvalue weighted by Gasteiger charge is -2.11. The van der Waals surface area contributed by atoms with Gasteiger partial charge in [-0.1, -0.05) is 19.9 Å². The van der Waals surface area contributed by atoms with Crippen LogP contribution in [0.5, 0.6) is 11.5 Å². The molecule has 1 heterocycles. The van der Waals surface area contributed by atoms with Crippen LogP contribution in [0, 0.1) is 5.92 Å². The molecule has 1 fully saturated rings. The fourth-order valence-electron chi connectivity index (χ4n) is 2.98. The van der Waals surface area contributed by atoms with E-state index in [9.17, 15) is 9.59 Å². The summed E-state index contributed by atoms with van der Waals surface area (Å²) in [6, 6.07) is 13.2. The molecule has 0 bridgehead atoms. The van der Waals surface area contributed by atoms with Crippen LogP contribution in [0.25, 0.3) is 0 Å². The quantitative estimate of drug-likeness (QED) is 0.440. The first-order chi connectivity index (χ1) is 14.5. The summed E-state index contributed by atoms with van der Waals surface area (Å²) in [5, 5.41) is 0. The van der Waals surface area contributed by atoms with Crippen LogP contribution in [0.15, 0.2) is 48.5 Å². The van der Waals surface area contributed by atoms with E-state index in [1.54, 1.807) is 42.5 Å². The van der Waals surface area contributed by atoms with Crippen molar-refractivity contribution in [2.45, 2.75) is 39.2 Å². The predicted molar refractivity (Wildman–Crippen MR) is 112 cm³/mol. The van der Waals surface area contributed by atoms with Crippen molar-refractivity contribution in [2.75, 3.05) is 19.8 Å². The Morgan fingerprint density at radius 1 is 1.03 bits per heavy atom. The number of hydrogen-bond donors (Lipinski definition) is 0. The minimum atomic E-state index is -0.506. The number of carbonyl (C=O) groups is 2. The van der Waals surface area contributed by atoms with Gasteiger partial charge in [0.2, 0.25) is 0 Å². The molecule has 160 valence electrons. The summed E-state index contributed by atoms with van der Waals surface area (Å²) in [4.78, 5) is 24.7. The topological polar surface area (TPSA) is 71.1 Å². The summed E-state index contributed by atoms with van der Waals surface area (Å²) < 4.78 is 21.8.